The van der Waals surface area contributed by atoms with Crippen LogP contribution in [0.1, 0.15) is 65.0 Å². The van der Waals surface area contributed by atoms with Crippen LogP contribution in [0, 0.1) is 23.2 Å². The van der Waals surface area contributed by atoms with Crippen LogP contribution in [-0.4, -0.2) is 55.8 Å². The minimum absolute atomic E-state index is 0.0132. The fourth-order valence-corrected chi connectivity index (χ4v) is 9.24. The van der Waals surface area contributed by atoms with Gasteiger partial charge in [-0.25, -0.2) is 0 Å². The Kier molecular flexibility index (Phi) is 11.4. The van der Waals surface area contributed by atoms with Crippen molar-refractivity contribution in [3.05, 3.63) is 120 Å². The van der Waals surface area contributed by atoms with Crippen LogP contribution in [0.2, 0.25) is 0 Å². The molecule has 7 atom stereocenters. The maximum absolute atomic E-state index is 14.5. The molecule has 0 unspecified atom stereocenters. The molecule has 1 saturated heterocycles. The summed E-state index contributed by atoms with van der Waals surface area (Å²) in [6.07, 6.45) is 3.52. The Labute approximate surface area is 327 Å². The number of amides is 2. The van der Waals surface area contributed by atoms with Crippen molar-refractivity contribution in [2.24, 2.45) is 23.2 Å². The highest BCUT2D eigenvalue weighted by Crippen LogP contribution is 2.65. The van der Waals surface area contributed by atoms with Gasteiger partial charge in [-0.15, -0.1) is 0 Å². The Morgan fingerprint density at radius 3 is 2.11 bits per heavy atom. The second-order valence-electron chi connectivity index (χ2n) is 17.0. The molecule has 55 heavy (non-hydrogen) atoms. The molecule has 3 N–H and O–H groups in total. The standard InChI is InChI=1S/C46H56BN3O5/c1-30(2)24-38(44(52)50-42(26-31-14-9-7-10-15-31)47-54-41-29-35-28-40(45(35,3)4)46(41,5)55-47)49-43(51)39(25-32-20-22-37(53-6)23-21-32)48-36-19-13-18-34(27-36)33-16-11-8-12-17-33/h7-23,27,30,35,38-42,48H,24-26,28-29H2,1-6H3,(H,49,51)(H,50,52)/t35-,38+,39-,40-,41+,42-,46-/m0/s1. The van der Waals surface area contributed by atoms with E-state index in [0.29, 0.717) is 31.1 Å². The zero-order valence-electron chi connectivity index (χ0n) is 33.1. The van der Waals surface area contributed by atoms with E-state index in [4.69, 9.17) is 14.0 Å². The molecule has 2 bridgehead atoms. The van der Waals surface area contributed by atoms with Gasteiger partial charge in [-0.2, -0.15) is 0 Å². The summed E-state index contributed by atoms with van der Waals surface area (Å²) in [5.41, 5.74) is 4.78. The summed E-state index contributed by atoms with van der Waals surface area (Å²) in [5, 5.41) is 10.0. The van der Waals surface area contributed by atoms with Crippen LogP contribution in [0.4, 0.5) is 5.69 Å². The lowest BCUT2D eigenvalue weighted by Gasteiger charge is -2.64. The van der Waals surface area contributed by atoms with Gasteiger partial charge in [0.15, 0.2) is 0 Å². The van der Waals surface area contributed by atoms with Crippen LogP contribution in [0.25, 0.3) is 11.1 Å². The molecule has 288 valence electrons. The number of methoxy groups -OCH3 is 1. The molecule has 4 aliphatic rings. The van der Waals surface area contributed by atoms with E-state index in [2.05, 4.69) is 87.0 Å². The molecule has 8 nitrogen and oxygen atoms in total. The first kappa shape index (κ1) is 38.7. The first-order valence-electron chi connectivity index (χ1n) is 20.0. The van der Waals surface area contributed by atoms with Crippen molar-refractivity contribution in [3.8, 4) is 16.9 Å². The summed E-state index contributed by atoms with van der Waals surface area (Å²) >= 11 is 0. The Balaban J connectivity index is 1.12. The number of anilines is 1. The number of nitrogens with one attached hydrogen (secondary N) is 3. The highest BCUT2D eigenvalue weighted by Gasteiger charge is 2.68. The summed E-state index contributed by atoms with van der Waals surface area (Å²) in [4.78, 5) is 28.9. The largest absolute Gasteiger partial charge is 0.497 e. The lowest BCUT2D eigenvalue weighted by Crippen LogP contribution is -2.65. The third-order valence-corrected chi connectivity index (χ3v) is 12.5. The highest BCUT2D eigenvalue weighted by atomic mass is 16.7. The van der Waals surface area contributed by atoms with Gasteiger partial charge in [0.1, 0.15) is 17.8 Å². The number of carbonyl (C=O) groups is 2. The van der Waals surface area contributed by atoms with Gasteiger partial charge in [-0.05, 0) is 102 Å². The molecule has 0 spiro atoms. The molecule has 0 radical (unpaired) electrons. The molecule has 0 aromatic heterocycles. The fraction of sp³-hybridized carbons (Fsp3) is 0.435. The molecule has 1 aliphatic heterocycles. The van der Waals surface area contributed by atoms with Gasteiger partial charge < -0.3 is 30.0 Å². The van der Waals surface area contributed by atoms with Crippen LogP contribution in [0.3, 0.4) is 0 Å². The van der Waals surface area contributed by atoms with E-state index in [-0.39, 0.29) is 29.3 Å². The van der Waals surface area contributed by atoms with Crippen LogP contribution >= 0.6 is 0 Å². The number of rotatable bonds is 15. The number of hydrogen-bond donors (Lipinski definition) is 3. The topological polar surface area (TPSA) is 97.9 Å². The fourth-order valence-electron chi connectivity index (χ4n) is 9.24. The summed E-state index contributed by atoms with van der Waals surface area (Å²) < 4.78 is 19.0. The summed E-state index contributed by atoms with van der Waals surface area (Å²) in [6.45, 7) is 11.0. The molecule has 2 amide bonds. The molecule has 4 aromatic rings. The van der Waals surface area contributed by atoms with Crippen molar-refractivity contribution >= 4 is 24.6 Å². The van der Waals surface area contributed by atoms with Crippen molar-refractivity contribution in [2.75, 3.05) is 12.4 Å². The quantitative estimate of drug-likeness (QED) is 0.107. The smallest absolute Gasteiger partial charge is 0.482 e. The van der Waals surface area contributed by atoms with Crippen LogP contribution < -0.4 is 20.7 Å². The van der Waals surface area contributed by atoms with Gasteiger partial charge in [0.25, 0.3) is 0 Å². The number of benzene rings is 4. The lowest BCUT2D eigenvalue weighted by atomic mass is 9.43. The minimum Gasteiger partial charge on any atom is -0.497 e. The Hall–Kier alpha value is -4.60. The molecule has 3 aliphatic carbocycles. The maximum atomic E-state index is 14.5. The van der Waals surface area contributed by atoms with E-state index in [1.807, 2.05) is 72.8 Å². The molecular formula is C46H56BN3O5. The Morgan fingerprint density at radius 2 is 1.44 bits per heavy atom. The van der Waals surface area contributed by atoms with E-state index in [0.717, 1.165) is 46.5 Å². The number of hydrogen-bond acceptors (Lipinski definition) is 6. The molecule has 4 fully saturated rings. The average molecular weight is 742 g/mol. The van der Waals surface area contributed by atoms with Crippen molar-refractivity contribution < 1.29 is 23.6 Å². The summed E-state index contributed by atoms with van der Waals surface area (Å²) in [5.74, 6) is 0.969. The van der Waals surface area contributed by atoms with Crippen LogP contribution in [0.5, 0.6) is 5.75 Å². The predicted molar refractivity (Wildman–Crippen MR) is 220 cm³/mol. The van der Waals surface area contributed by atoms with Gasteiger partial charge in [-0.1, -0.05) is 113 Å². The Bertz CT molecular complexity index is 1920. The third kappa shape index (κ3) is 8.48. The van der Waals surface area contributed by atoms with Crippen molar-refractivity contribution in [1.82, 2.24) is 10.6 Å². The van der Waals surface area contributed by atoms with Gasteiger partial charge in [0.05, 0.1) is 24.8 Å². The van der Waals surface area contributed by atoms with Gasteiger partial charge in [0.2, 0.25) is 11.8 Å². The molecule has 1 heterocycles. The third-order valence-electron chi connectivity index (χ3n) is 12.5. The van der Waals surface area contributed by atoms with Crippen LogP contribution in [-0.2, 0) is 31.7 Å². The average Bonchev–Trinajstić information content (AvgIpc) is 3.55. The van der Waals surface area contributed by atoms with Gasteiger partial charge in [-0.3, -0.25) is 9.59 Å². The molecule has 9 heteroatoms. The van der Waals surface area contributed by atoms with E-state index >= 15 is 0 Å². The van der Waals surface area contributed by atoms with Gasteiger partial charge >= 0.3 is 7.12 Å². The predicted octanol–water partition coefficient (Wildman–Crippen LogP) is 7.91. The summed E-state index contributed by atoms with van der Waals surface area (Å²) in [7, 11) is 1.03. The van der Waals surface area contributed by atoms with Gasteiger partial charge in [0, 0.05) is 12.1 Å². The number of ether oxygens (including phenoxy) is 1. The van der Waals surface area contributed by atoms with Crippen LogP contribution in [0.15, 0.2) is 109 Å². The van der Waals surface area contributed by atoms with E-state index in [1.165, 1.54) is 0 Å². The lowest BCUT2D eigenvalue weighted by molar-refractivity contribution is -0.199. The SMILES string of the molecule is COc1ccc(C[C@H](Nc2cccc(-c3ccccc3)c2)C(=O)N[C@H](CC(C)C)C(=O)N[C@@H](Cc2ccccc2)B2O[C@@H]3C[C@@H]4C[C@@H](C4(C)C)[C@]3(C)O2)cc1. The first-order chi connectivity index (χ1) is 26.4. The second-order valence-corrected chi connectivity index (χ2v) is 17.0. The highest BCUT2D eigenvalue weighted by molar-refractivity contribution is 6.48. The second kappa shape index (κ2) is 16.2. The van der Waals surface area contributed by atoms with E-state index in [9.17, 15) is 9.59 Å². The Morgan fingerprint density at radius 1 is 0.782 bits per heavy atom. The van der Waals surface area contributed by atoms with Crippen molar-refractivity contribution in [3.63, 3.8) is 0 Å². The van der Waals surface area contributed by atoms with E-state index < -0.39 is 30.7 Å². The minimum atomic E-state index is -0.771. The zero-order chi connectivity index (χ0) is 38.7. The normalized spacial score (nSPS) is 23.8. The molecule has 8 rings (SSSR count). The molecule has 3 saturated carbocycles. The monoisotopic (exact) mass is 741 g/mol. The number of carbonyl (C=O) groups excluding carboxylic acids is 2. The first-order valence-corrected chi connectivity index (χ1v) is 20.0. The van der Waals surface area contributed by atoms with Crippen molar-refractivity contribution in [1.29, 1.82) is 0 Å². The summed E-state index contributed by atoms with van der Waals surface area (Å²) in [6, 6.07) is 34.7. The zero-order valence-corrected chi connectivity index (χ0v) is 33.1. The molecular weight excluding hydrogens is 685 g/mol. The van der Waals surface area contributed by atoms with Crippen molar-refractivity contribution in [2.45, 2.75) is 96.5 Å². The van der Waals surface area contributed by atoms with E-state index in [1.54, 1.807) is 7.11 Å². The molecule has 4 aromatic carbocycles. The maximum Gasteiger partial charge on any atom is 0.482 e.